The standard InChI is InChI=1S/C27H25N3O5/c28-23-16-17-30(25(33)29-23)27(20-12-6-2-7-13-20)26(19-10-4-1-5-11-19,24(32)22(18-31)35-27)34-21-14-8-3-9-15-21/h1-17,22,24,31-32H,18H2,(H2,28,29,33)/t22-,24-,26-,27-/m1/s1. The largest absolute Gasteiger partial charge is 0.474 e. The van der Waals surface area contributed by atoms with Crippen molar-refractivity contribution in [2.24, 2.45) is 0 Å². The molecule has 5 rings (SSSR count). The Morgan fingerprint density at radius 2 is 1.49 bits per heavy atom. The van der Waals surface area contributed by atoms with Crippen LogP contribution in [0.25, 0.3) is 0 Å². The van der Waals surface area contributed by atoms with Gasteiger partial charge in [0.2, 0.25) is 11.3 Å². The van der Waals surface area contributed by atoms with E-state index in [1.807, 2.05) is 30.3 Å². The van der Waals surface area contributed by atoms with Crippen LogP contribution in [0.15, 0.2) is 108 Å². The van der Waals surface area contributed by atoms with Crippen molar-refractivity contribution in [3.63, 3.8) is 0 Å². The highest BCUT2D eigenvalue weighted by molar-refractivity contribution is 5.42. The molecule has 0 spiro atoms. The highest BCUT2D eigenvalue weighted by Crippen LogP contribution is 2.55. The minimum Gasteiger partial charge on any atom is -0.474 e. The number of ether oxygens (including phenoxy) is 2. The van der Waals surface area contributed by atoms with Gasteiger partial charge in [-0.3, -0.25) is 4.57 Å². The molecule has 0 aliphatic carbocycles. The summed E-state index contributed by atoms with van der Waals surface area (Å²) in [6, 6.07) is 28.5. The summed E-state index contributed by atoms with van der Waals surface area (Å²) in [5.74, 6) is 0.482. The molecule has 4 atom stereocenters. The van der Waals surface area contributed by atoms with E-state index in [0.29, 0.717) is 16.9 Å². The van der Waals surface area contributed by atoms with Crippen molar-refractivity contribution in [1.82, 2.24) is 9.55 Å². The second-order valence-corrected chi connectivity index (χ2v) is 8.32. The molecule has 4 aromatic rings. The fourth-order valence-electron chi connectivity index (χ4n) is 4.86. The summed E-state index contributed by atoms with van der Waals surface area (Å²) in [7, 11) is 0. The lowest BCUT2D eigenvalue weighted by molar-refractivity contribution is -0.164. The number of aliphatic hydroxyl groups is 2. The van der Waals surface area contributed by atoms with Crippen molar-refractivity contribution in [2.45, 2.75) is 23.5 Å². The molecule has 0 amide bonds. The first-order valence-electron chi connectivity index (χ1n) is 11.2. The summed E-state index contributed by atoms with van der Waals surface area (Å²) >= 11 is 0. The van der Waals surface area contributed by atoms with Gasteiger partial charge in [0.15, 0.2) is 0 Å². The molecule has 178 valence electrons. The first kappa shape index (κ1) is 22.8. The topological polar surface area (TPSA) is 120 Å². The minimum absolute atomic E-state index is 0.0426. The zero-order chi connectivity index (χ0) is 24.5. The molecule has 0 unspecified atom stereocenters. The third kappa shape index (κ3) is 3.50. The number of hydrogen-bond acceptors (Lipinski definition) is 7. The van der Waals surface area contributed by atoms with Crippen molar-refractivity contribution in [3.8, 4) is 5.75 Å². The number of nitrogens with zero attached hydrogens (tertiary/aromatic N) is 2. The molecule has 1 saturated heterocycles. The number of aliphatic hydroxyl groups excluding tert-OH is 2. The summed E-state index contributed by atoms with van der Waals surface area (Å²) < 4.78 is 14.5. The smallest absolute Gasteiger partial charge is 0.352 e. The average molecular weight is 472 g/mol. The summed E-state index contributed by atoms with van der Waals surface area (Å²) in [6.45, 7) is -0.514. The number of hydrogen-bond donors (Lipinski definition) is 3. The van der Waals surface area contributed by atoms with E-state index in [1.54, 1.807) is 60.7 Å². The van der Waals surface area contributed by atoms with Crippen LogP contribution in [-0.4, -0.2) is 38.6 Å². The van der Waals surface area contributed by atoms with Gasteiger partial charge in [-0.2, -0.15) is 4.98 Å². The van der Waals surface area contributed by atoms with Gasteiger partial charge in [-0.1, -0.05) is 78.9 Å². The number of para-hydroxylation sites is 1. The van der Waals surface area contributed by atoms with Crippen molar-refractivity contribution in [1.29, 1.82) is 0 Å². The van der Waals surface area contributed by atoms with Crippen LogP contribution < -0.4 is 16.2 Å². The number of anilines is 1. The fourth-order valence-corrected chi connectivity index (χ4v) is 4.86. The van der Waals surface area contributed by atoms with E-state index in [2.05, 4.69) is 4.98 Å². The van der Waals surface area contributed by atoms with Crippen LogP contribution in [0.5, 0.6) is 5.75 Å². The monoisotopic (exact) mass is 471 g/mol. The summed E-state index contributed by atoms with van der Waals surface area (Å²) in [5, 5.41) is 22.1. The molecule has 0 saturated carbocycles. The van der Waals surface area contributed by atoms with Gasteiger partial charge in [-0.05, 0) is 18.2 Å². The third-order valence-corrected chi connectivity index (χ3v) is 6.33. The predicted octanol–water partition coefficient (Wildman–Crippen LogP) is 2.25. The van der Waals surface area contributed by atoms with Gasteiger partial charge < -0.3 is 25.4 Å². The summed E-state index contributed by atoms with van der Waals surface area (Å²) in [5.41, 5.74) is 2.68. The van der Waals surface area contributed by atoms with Crippen LogP contribution in [0.4, 0.5) is 5.82 Å². The molecule has 4 N–H and O–H groups in total. The molecule has 3 aromatic carbocycles. The fraction of sp³-hybridized carbons (Fsp3) is 0.185. The van der Waals surface area contributed by atoms with E-state index in [0.717, 1.165) is 0 Å². The molecule has 8 heteroatoms. The lowest BCUT2D eigenvalue weighted by atomic mass is 9.75. The Bertz CT molecular complexity index is 1350. The SMILES string of the molecule is Nc1ccn([C@]2(c3ccccc3)O[C@H](CO)[C@@H](O)[C@]2(Oc2ccccc2)c2ccccc2)c(=O)n1. The van der Waals surface area contributed by atoms with E-state index in [4.69, 9.17) is 15.2 Å². The normalized spacial score (nSPS) is 25.9. The van der Waals surface area contributed by atoms with Crippen molar-refractivity contribution in [2.75, 3.05) is 12.3 Å². The first-order chi connectivity index (χ1) is 17.0. The van der Waals surface area contributed by atoms with Crippen LogP contribution in [0.2, 0.25) is 0 Å². The molecule has 2 heterocycles. The highest BCUT2D eigenvalue weighted by Gasteiger charge is 2.71. The molecule has 1 aliphatic rings. The lowest BCUT2D eigenvalue weighted by Gasteiger charge is -2.46. The average Bonchev–Trinajstić information content (AvgIpc) is 3.15. The van der Waals surface area contributed by atoms with E-state index in [9.17, 15) is 15.0 Å². The maximum atomic E-state index is 13.4. The second-order valence-electron chi connectivity index (χ2n) is 8.32. The van der Waals surface area contributed by atoms with Crippen molar-refractivity contribution >= 4 is 5.82 Å². The van der Waals surface area contributed by atoms with Crippen LogP contribution in [0.3, 0.4) is 0 Å². The Kier molecular flexibility index (Phi) is 5.86. The van der Waals surface area contributed by atoms with Gasteiger partial charge in [0.1, 0.15) is 23.8 Å². The Hall–Kier alpha value is -3.98. The van der Waals surface area contributed by atoms with E-state index >= 15 is 0 Å². The zero-order valence-corrected chi connectivity index (χ0v) is 18.8. The highest BCUT2D eigenvalue weighted by atomic mass is 16.6. The van der Waals surface area contributed by atoms with Crippen molar-refractivity contribution < 1.29 is 19.7 Å². The maximum Gasteiger partial charge on any atom is 0.352 e. The Balaban J connectivity index is 1.93. The lowest BCUT2D eigenvalue weighted by Crippen LogP contribution is -2.61. The van der Waals surface area contributed by atoms with E-state index < -0.39 is 35.8 Å². The number of nitrogens with two attached hydrogens (primary N) is 1. The summed E-state index contributed by atoms with van der Waals surface area (Å²) in [4.78, 5) is 17.3. The third-order valence-electron chi connectivity index (χ3n) is 6.33. The number of rotatable bonds is 6. The van der Waals surface area contributed by atoms with Crippen LogP contribution in [0.1, 0.15) is 11.1 Å². The van der Waals surface area contributed by atoms with Crippen LogP contribution in [-0.2, 0) is 16.1 Å². The van der Waals surface area contributed by atoms with Crippen LogP contribution in [0, 0.1) is 0 Å². The molecular weight excluding hydrogens is 446 g/mol. The molecule has 8 nitrogen and oxygen atoms in total. The van der Waals surface area contributed by atoms with E-state index in [1.165, 1.54) is 16.8 Å². The number of benzene rings is 3. The molecule has 1 aromatic heterocycles. The van der Waals surface area contributed by atoms with Gasteiger partial charge in [0.25, 0.3) is 0 Å². The zero-order valence-electron chi connectivity index (χ0n) is 18.8. The Morgan fingerprint density at radius 3 is 2.06 bits per heavy atom. The van der Waals surface area contributed by atoms with E-state index in [-0.39, 0.29) is 5.82 Å². The Morgan fingerprint density at radius 1 is 0.914 bits per heavy atom. The van der Waals surface area contributed by atoms with Crippen LogP contribution >= 0.6 is 0 Å². The molecule has 1 aliphatic heterocycles. The Labute approximate surface area is 201 Å². The first-order valence-corrected chi connectivity index (χ1v) is 11.2. The maximum absolute atomic E-state index is 13.4. The summed E-state index contributed by atoms with van der Waals surface area (Å²) in [6.07, 6.45) is -1.01. The quantitative estimate of drug-likeness (QED) is 0.395. The number of nitrogen functional groups attached to an aromatic ring is 1. The molecule has 0 radical (unpaired) electrons. The molecule has 1 fully saturated rings. The minimum atomic E-state index is -1.77. The van der Waals surface area contributed by atoms with Gasteiger partial charge in [-0.15, -0.1) is 0 Å². The second kappa shape index (κ2) is 8.99. The molecule has 35 heavy (non-hydrogen) atoms. The van der Waals surface area contributed by atoms with Gasteiger partial charge in [0, 0.05) is 17.3 Å². The number of aromatic nitrogens is 2. The van der Waals surface area contributed by atoms with Gasteiger partial charge in [0.05, 0.1) is 6.61 Å². The predicted molar refractivity (Wildman–Crippen MR) is 130 cm³/mol. The van der Waals surface area contributed by atoms with Crippen molar-refractivity contribution in [3.05, 3.63) is 125 Å². The molecular formula is C27H25N3O5. The van der Waals surface area contributed by atoms with Gasteiger partial charge >= 0.3 is 5.69 Å². The van der Waals surface area contributed by atoms with Gasteiger partial charge in [-0.25, -0.2) is 4.79 Å². The molecule has 0 bridgehead atoms.